The molecule has 4 heteroatoms. The van der Waals surface area contributed by atoms with Crippen LogP contribution < -0.4 is 15.4 Å². The van der Waals surface area contributed by atoms with Gasteiger partial charge < -0.3 is 15.4 Å². The van der Waals surface area contributed by atoms with Crippen LogP contribution in [-0.2, 0) is 17.6 Å². The van der Waals surface area contributed by atoms with E-state index in [4.69, 9.17) is 4.74 Å². The summed E-state index contributed by atoms with van der Waals surface area (Å²) in [6.07, 6.45) is 2.27. The van der Waals surface area contributed by atoms with E-state index in [0.717, 1.165) is 42.1 Å². The van der Waals surface area contributed by atoms with Gasteiger partial charge in [-0.05, 0) is 42.2 Å². The van der Waals surface area contributed by atoms with Crippen LogP contribution in [-0.4, -0.2) is 18.6 Å². The fourth-order valence-electron chi connectivity index (χ4n) is 3.17. The minimum Gasteiger partial charge on any atom is -0.480 e. The molecule has 2 aromatic carbocycles. The molecular formula is C18H18N2O2. The second-order valence-electron chi connectivity index (χ2n) is 5.77. The molecule has 112 valence electrons. The number of benzene rings is 2. The van der Waals surface area contributed by atoms with Crippen LogP contribution in [0.4, 0.5) is 11.4 Å². The van der Waals surface area contributed by atoms with Crippen LogP contribution in [0.25, 0.3) is 0 Å². The summed E-state index contributed by atoms with van der Waals surface area (Å²) >= 11 is 0. The molecule has 0 aromatic heterocycles. The molecule has 1 unspecified atom stereocenters. The molecule has 4 rings (SSSR count). The van der Waals surface area contributed by atoms with Crippen LogP contribution in [0.2, 0.25) is 0 Å². The Morgan fingerprint density at radius 1 is 1.18 bits per heavy atom. The van der Waals surface area contributed by atoms with Crippen molar-refractivity contribution < 1.29 is 9.53 Å². The average molecular weight is 294 g/mol. The molecule has 0 radical (unpaired) electrons. The number of nitrogens with one attached hydrogen (secondary N) is 2. The Hall–Kier alpha value is -2.49. The lowest BCUT2D eigenvalue weighted by atomic mass is 10.0. The van der Waals surface area contributed by atoms with Crippen molar-refractivity contribution in [1.29, 1.82) is 0 Å². The van der Waals surface area contributed by atoms with E-state index in [0.29, 0.717) is 6.42 Å². The summed E-state index contributed by atoms with van der Waals surface area (Å²) < 4.78 is 5.76. The Bertz CT molecular complexity index is 702. The second kappa shape index (κ2) is 5.37. The van der Waals surface area contributed by atoms with Crippen LogP contribution in [0.5, 0.6) is 5.75 Å². The molecule has 0 fully saturated rings. The standard InChI is InChI=1S/C18H18N2O2/c21-18(17-11-12-5-1-2-9-16(12)22-17)20-15-8-3-7-14-13(15)6-4-10-19-14/h1-3,5,7-9,17,19H,4,6,10-11H2,(H,20,21). The number of para-hydroxylation sites is 1. The van der Waals surface area contributed by atoms with Crippen molar-refractivity contribution in [3.05, 3.63) is 53.6 Å². The third-order valence-electron chi connectivity index (χ3n) is 4.29. The second-order valence-corrected chi connectivity index (χ2v) is 5.77. The van der Waals surface area contributed by atoms with Crippen molar-refractivity contribution in [1.82, 2.24) is 0 Å². The Morgan fingerprint density at radius 2 is 2.09 bits per heavy atom. The lowest BCUT2D eigenvalue weighted by Gasteiger charge is -2.21. The number of hydrogen-bond donors (Lipinski definition) is 2. The van der Waals surface area contributed by atoms with Gasteiger partial charge in [-0.2, -0.15) is 0 Å². The van der Waals surface area contributed by atoms with Gasteiger partial charge >= 0.3 is 0 Å². The van der Waals surface area contributed by atoms with Gasteiger partial charge in [0, 0.05) is 24.3 Å². The summed E-state index contributed by atoms with van der Waals surface area (Å²) in [5.41, 5.74) is 4.31. The van der Waals surface area contributed by atoms with Crippen molar-refractivity contribution >= 4 is 17.3 Å². The van der Waals surface area contributed by atoms with E-state index in [-0.39, 0.29) is 5.91 Å². The highest BCUT2D eigenvalue weighted by molar-refractivity contribution is 5.96. The molecule has 2 N–H and O–H groups in total. The molecule has 1 amide bonds. The molecule has 0 aliphatic carbocycles. The minimum atomic E-state index is -0.440. The first-order valence-electron chi connectivity index (χ1n) is 7.72. The largest absolute Gasteiger partial charge is 0.480 e. The van der Waals surface area contributed by atoms with E-state index in [1.807, 2.05) is 36.4 Å². The molecule has 2 heterocycles. The predicted octanol–water partition coefficient (Wildman–Crippen LogP) is 2.99. The van der Waals surface area contributed by atoms with Gasteiger partial charge in [0.25, 0.3) is 5.91 Å². The summed E-state index contributed by atoms with van der Waals surface area (Å²) in [4.78, 5) is 12.5. The summed E-state index contributed by atoms with van der Waals surface area (Å²) in [5, 5.41) is 6.42. The maximum absolute atomic E-state index is 12.5. The fourth-order valence-corrected chi connectivity index (χ4v) is 3.17. The third-order valence-corrected chi connectivity index (χ3v) is 4.29. The van der Waals surface area contributed by atoms with Crippen LogP contribution >= 0.6 is 0 Å². The van der Waals surface area contributed by atoms with Gasteiger partial charge in [0.1, 0.15) is 5.75 Å². The zero-order valence-corrected chi connectivity index (χ0v) is 12.3. The van der Waals surface area contributed by atoms with Crippen LogP contribution in [0.15, 0.2) is 42.5 Å². The van der Waals surface area contributed by atoms with E-state index in [1.165, 1.54) is 5.56 Å². The zero-order valence-electron chi connectivity index (χ0n) is 12.3. The van der Waals surface area contributed by atoms with E-state index in [1.54, 1.807) is 0 Å². The van der Waals surface area contributed by atoms with E-state index >= 15 is 0 Å². The van der Waals surface area contributed by atoms with Crippen molar-refractivity contribution in [2.24, 2.45) is 0 Å². The Kier molecular flexibility index (Phi) is 3.22. The smallest absolute Gasteiger partial charge is 0.265 e. The summed E-state index contributed by atoms with van der Waals surface area (Å²) in [5.74, 6) is 0.745. The molecule has 0 saturated heterocycles. The Morgan fingerprint density at radius 3 is 3.00 bits per heavy atom. The monoisotopic (exact) mass is 294 g/mol. The lowest BCUT2D eigenvalue weighted by molar-refractivity contribution is -0.122. The first-order chi connectivity index (χ1) is 10.8. The van der Waals surface area contributed by atoms with Crippen LogP contribution in [0.3, 0.4) is 0 Å². The van der Waals surface area contributed by atoms with Gasteiger partial charge in [0.05, 0.1) is 0 Å². The maximum Gasteiger partial charge on any atom is 0.265 e. The van der Waals surface area contributed by atoms with E-state index < -0.39 is 6.10 Å². The fraction of sp³-hybridized carbons (Fsp3) is 0.278. The number of amides is 1. The van der Waals surface area contributed by atoms with Gasteiger partial charge in [-0.3, -0.25) is 4.79 Å². The van der Waals surface area contributed by atoms with Gasteiger partial charge in [0.2, 0.25) is 0 Å². The molecule has 0 saturated carbocycles. The first kappa shape index (κ1) is 13.2. The quantitative estimate of drug-likeness (QED) is 0.895. The number of ether oxygens (including phenoxy) is 1. The molecule has 0 bridgehead atoms. The molecule has 2 aromatic rings. The van der Waals surface area contributed by atoms with E-state index in [9.17, 15) is 4.79 Å². The molecule has 22 heavy (non-hydrogen) atoms. The highest BCUT2D eigenvalue weighted by Crippen LogP contribution is 2.31. The molecule has 2 aliphatic rings. The number of carbonyl (C=O) groups is 1. The van der Waals surface area contributed by atoms with Crippen molar-refractivity contribution in [2.45, 2.75) is 25.4 Å². The SMILES string of the molecule is O=C(Nc1cccc2c1CCCN2)C1Cc2ccccc2O1. The minimum absolute atomic E-state index is 0.0739. The number of hydrogen-bond acceptors (Lipinski definition) is 3. The predicted molar refractivity (Wildman–Crippen MR) is 86.4 cm³/mol. The average Bonchev–Trinajstić information content (AvgIpc) is 2.99. The van der Waals surface area contributed by atoms with Crippen molar-refractivity contribution in [3.63, 3.8) is 0 Å². The highest BCUT2D eigenvalue weighted by Gasteiger charge is 2.29. The number of fused-ring (bicyclic) bond motifs is 2. The topological polar surface area (TPSA) is 50.4 Å². The lowest BCUT2D eigenvalue weighted by Crippen LogP contribution is -2.32. The molecule has 2 aliphatic heterocycles. The molecule has 0 spiro atoms. The van der Waals surface area contributed by atoms with E-state index in [2.05, 4.69) is 16.7 Å². The maximum atomic E-state index is 12.5. The van der Waals surface area contributed by atoms with Crippen molar-refractivity contribution in [2.75, 3.05) is 17.2 Å². The Labute approximate surface area is 129 Å². The summed E-state index contributed by atoms with van der Waals surface area (Å²) in [7, 11) is 0. The zero-order chi connectivity index (χ0) is 14.9. The van der Waals surface area contributed by atoms with Gasteiger partial charge in [-0.15, -0.1) is 0 Å². The van der Waals surface area contributed by atoms with Gasteiger partial charge in [0.15, 0.2) is 6.10 Å². The van der Waals surface area contributed by atoms with Crippen LogP contribution in [0, 0.1) is 0 Å². The normalized spacial score (nSPS) is 18.6. The van der Waals surface area contributed by atoms with Crippen LogP contribution in [0.1, 0.15) is 17.5 Å². The van der Waals surface area contributed by atoms with Gasteiger partial charge in [-0.25, -0.2) is 0 Å². The van der Waals surface area contributed by atoms with Gasteiger partial charge in [-0.1, -0.05) is 24.3 Å². The molecular weight excluding hydrogens is 276 g/mol. The summed E-state index contributed by atoms with van der Waals surface area (Å²) in [6.45, 7) is 0.992. The number of anilines is 2. The summed E-state index contributed by atoms with van der Waals surface area (Å²) in [6, 6.07) is 13.8. The molecule has 1 atom stereocenters. The number of carbonyl (C=O) groups excluding carboxylic acids is 1. The molecule has 4 nitrogen and oxygen atoms in total. The highest BCUT2D eigenvalue weighted by atomic mass is 16.5. The number of rotatable bonds is 2. The first-order valence-corrected chi connectivity index (χ1v) is 7.72. The van der Waals surface area contributed by atoms with Crippen molar-refractivity contribution in [3.8, 4) is 5.75 Å². The third kappa shape index (κ3) is 2.30. The Balaban J connectivity index is 1.52.